The number of amides is 1. The Morgan fingerprint density at radius 3 is 2.27 bits per heavy atom. The molecule has 0 aromatic heterocycles. The van der Waals surface area contributed by atoms with Crippen molar-refractivity contribution in [3.05, 3.63) is 12.2 Å². The lowest BCUT2D eigenvalue weighted by Crippen LogP contribution is -2.67. The number of fused-ring (bicyclic) bond motifs is 7. The Labute approximate surface area is 249 Å². The van der Waals surface area contributed by atoms with Gasteiger partial charge in [-0.25, -0.2) is 4.79 Å². The molecule has 6 fully saturated rings. The molecular weight excluding hydrogens is 510 g/mol. The quantitative estimate of drug-likeness (QED) is 0.290. The zero-order valence-corrected chi connectivity index (χ0v) is 27.1. The zero-order chi connectivity index (χ0) is 29.8. The summed E-state index contributed by atoms with van der Waals surface area (Å²) in [6.45, 7) is 19.9. The molecule has 5 aliphatic carbocycles. The van der Waals surface area contributed by atoms with Gasteiger partial charge >= 0.3 is 5.97 Å². The van der Waals surface area contributed by atoms with Crippen LogP contribution in [0.25, 0.3) is 0 Å². The molecule has 0 radical (unpaired) electrons. The van der Waals surface area contributed by atoms with Crippen molar-refractivity contribution in [1.82, 2.24) is 4.90 Å². The Bertz CT molecular complexity index is 1110. The summed E-state index contributed by atoms with van der Waals surface area (Å²) in [5.41, 5.74) is 1.46. The maximum Gasteiger partial charge on any atom is 0.328 e. The summed E-state index contributed by atoms with van der Waals surface area (Å²) in [6.07, 6.45) is 12.3. The summed E-state index contributed by atoms with van der Waals surface area (Å²) in [6, 6.07) is -0.423. The molecule has 5 heteroatoms. The molecule has 1 saturated heterocycles. The van der Waals surface area contributed by atoms with E-state index < -0.39 is 6.04 Å². The lowest BCUT2D eigenvalue weighted by atomic mass is 9.32. The molecule has 230 valence electrons. The van der Waals surface area contributed by atoms with Crippen LogP contribution < -0.4 is 0 Å². The number of aliphatic hydroxyl groups excluding tert-OH is 1. The van der Waals surface area contributed by atoms with Crippen LogP contribution in [-0.2, 0) is 14.3 Å². The Morgan fingerprint density at radius 1 is 0.854 bits per heavy atom. The van der Waals surface area contributed by atoms with Crippen molar-refractivity contribution in [2.75, 3.05) is 13.7 Å². The predicted molar refractivity (Wildman–Crippen MR) is 162 cm³/mol. The molecule has 5 nitrogen and oxygen atoms in total. The fourth-order valence-corrected chi connectivity index (χ4v) is 13.2. The first-order valence-electron chi connectivity index (χ1n) is 16.9. The van der Waals surface area contributed by atoms with Crippen LogP contribution in [0.2, 0.25) is 0 Å². The Morgan fingerprint density at radius 2 is 1.59 bits per heavy atom. The molecule has 0 aromatic carbocycles. The molecule has 0 spiro atoms. The van der Waals surface area contributed by atoms with Gasteiger partial charge in [-0.3, -0.25) is 4.79 Å². The molecule has 0 bridgehead atoms. The van der Waals surface area contributed by atoms with E-state index in [0.717, 1.165) is 51.4 Å². The number of ether oxygens (including phenoxy) is 1. The molecule has 0 unspecified atom stereocenters. The summed E-state index contributed by atoms with van der Waals surface area (Å²) < 4.78 is 5.16. The van der Waals surface area contributed by atoms with Crippen LogP contribution in [0.3, 0.4) is 0 Å². The second kappa shape index (κ2) is 9.57. The Balaban J connectivity index is 1.38. The molecule has 6 rings (SSSR count). The van der Waals surface area contributed by atoms with Gasteiger partial charge in [0.25, 0.3) is 0 Å². The Hall–Kier alpha value is -1.36. The third-order valence-corrected chi connectivity index (χ3v) is 15.5. The largest absolute Gasteiger partial charge is 0.467 e. The van der Waals surface area contributed by atoms with Crippen molar-refractivity contribution >= 4 is 11.9 Å². The molecule has 1 aliphatic heterocycles. The van der Waals surface area contributed by atoms with Gasteiger partial charge in [0, 0.05) is 6.54 Å². The first kappa shape index (κ1) is 29.7. The predicted octanol–water partition coefficient (Wildman–Crippen LogP) is 7.17. The first-order valence-corrected chi connectivity index (χ1v) is 16.9. The fraction of sp³-hybridized carbons (Fsp3) is 0.889. The molecule has 5 saturated carbocycles. The number of allylic oxidation sites excluding steroid dienone is 1. The number of rotatable bonds is 3. The van der Waals surface area contributed by atoms with Gasteiger partial charge in [0.15, 0.2) is 0 Å². The van der Waals surface area contributed by atoms with E-state index in [1.165, 1.54) is 38.4 Å². The molecule has 6 aliphatic rings. The van der Waals surface area contributed by atoms with E-state index in [-0.39, 0.29) is 45.1 Å². The minimum atomic E-state index is -0.423. The summed E-state index contributed by atoms with van der Waals surface area (Å²) in [5, 5.41) is 11.0. The molecule has 0 aromatic rings. The molecule has 1 N–H and O–H groups in total. The number of carbonyl (C=O) groups excluding carboxylic acids is 2. The topological polar surface area (TPSA) is 66.8 Å². The van der Waals surface area contributed by atoms with Gasteiger partial charge in [0.05, 0.1) is 18.6 Å². The minimum Gasteiger partial charge on any atom is -0.467 e. The van der Waals surface area contributed by atoms with Gasteiger partial charge in [-0.15, -0.1) is 0 Å². The summed E-state index contributed by atoms with van der Waals surface area (Å²) in [7, 11) is 1.45. The van der Waals surface area contributed by atoms with Crippen LogP contribution in [0.1, 0.15) is 119 Å². The lowest BCUT2D eigenvalue weighted by Gasteiger charge is -2.73. The summed E-state index contributed by atoms with van der Waals surface area (Å²) in [5.74, 6) is 2.37. The van der Waals surface area contributed by atoms with E-state index in [1.54, 1.807) is 0 Å². The van der Waals surface area contributed by atoms with E-state index in [2.05, 4.69) is 48.1 Å². The third-order valence-electron chi connectivity index (χ3n) is 15.5. The number of aliphatic hydroxyl groups is 1. The molecule has 41 heavy (non-hydrogen) atoms. The van der Waals surface area contributed by atoms with Crippen LogP contribution >= 0.6 is 0 Å². The third kappa shape index (κ3) is 3.75. The van der Waals surface area contributed by atoms with E-state index in [1.807, 2.05) is 4.90 Å². The number of carbonyl (C=O) groups is 2. The smallest absolute Gasteiger partial charge is 0.328 e. The number of hydrogen-bond donors (Lipinski definition) is 1. The second-order valence-corrected chi connectivity index (χ2v) is 16.9. The first-order chi connectivity index (χ1) is 19.2. The monoisotopic (exact) mass is 567 g/mol. The van der Waals surface area contributed by atoms with Crippen LogP contribution in [0.5, 0.6) is 0 Å². The van der Waals surface area contributed by atoms with Gasteiger partial charge in [0.1, 0.15) is 6.04 Å². The second-order valence-electron chi connectivity index (χ2n) is 16.9. The SMILES string of the molecule is C=C(C)[C@@H]1CC[C@]2(C(=O)N3CCC[C@H]3C(=O)OC)CC[C@]3(C)[C@H](CC[C@@H]4[C@@]5(C)CC[C@H](O)C(C)(C)[C@@H]5CC[C@]43C)[C@@H]12. The maximum atomic E-state index is 14.8. The average Bonchev–Trinajstić information content (AvgIpc) is 3.57. The molecule has 1 heterocycles. The van der Waals surface area contributed by atoms with Crippen LogP contribution in [0.4, 0.5) is 0 Å². The summed E-state index contributed by atoms with van der Waals surface area (Å²) >= 11 is 0. The van der Waals surface area contributed by atoms with Gasteiger partial charge in [0.2, 0.25) is 5.91 Å². The lowest BCUT2D eigenvalue weighted by molar-refractivity contribution is -0.247. The molecule has 11 atom stereocenters. The standard InChI is InChI=1S/C36H57NO4/c1-22(2)23-13-18-36(31(40)37-21-9-10-25(37)30(39)41-8)20-19-34(6)24(29(23)36)11-12-27-33(5)16-15-28(38)32(3,4)26(33)14-17-35(27,34)7/h23-29,38H,1,9-21H2,2-8H3/t23-,24+,25-,26-,27+,28-,29+,33-,34+,35+,36-/m0/s1. The number of nitrogens with zero attached hydrogens (tertiary/aromatic N) is 1. The molecule has 1 amide bonds. The molecular formula is C36H57NO4. The minimum absolute atomic E-state index is 0.0391. The van der Waals surface area contributed by atoms with Crippen molar-refractivity contribution in [3.8, 4) is 0 Å². The van der Waals surface area contributed by atoms with Crippen molar-refractivity contribution in [1.29, 1.82) is 0 Å². The highest BCUT2D eigenvalue weighted by Crippen LogP contribution is 2.77. The van der Waals surface area contributed by atoms with E-state index in [4.69, 9.17) is 4.74 Å². The highest BCUT2D eigenvalue weighted by molar-refractivity contribution is 5.89. The van der Waals surface area contributed by atoms with Gasteiger partial charge in [-0.1, -0.05) is 46.8 Å². The van der Waals surface area contributed by atoms with Crippen molar-refractivity contribution in [2.24, 2.45) is 56.7 Å². The fourth-order valence-electron chi connectivity index (χ4n) is 13.2. The number of hydrogen-bond acceptors (Lipinski definition) is 4. The zero-order valence-electron chi connectivity index (χ0n) is 27.1. The number of methoxy groups -OCH3 is 1. The Kier molecular flexibility index (Phi) is 6.93. The highest BCUT2D eigenvalue weighted by Gasteiger charge is 2.72. The van der Waals surface area contributed by atoms with E-state index in [0.29, 0.717) is 36.1 Å². The van der Waals surface area contributed by atoms with Crippen molar-refractivity contribution in [2.45, 2.75) is 131 Å². The van der Waals surface area contributed by atoms with Crippen molar-refractivity contribution < 1.29 is 19.4 Å². The maximum absolute atomic E-state index is 14.8. The van der Waals surface area contributed by atoms with Crippen molar-refractivity contribution in [3.63, 3.8) is 0 Å². The van der Waals surface area contributed by atoms with Gasteiger partial charge < -0.3 is 14.7 Å². The van der Waals surface area contributed by atoms with Crippen LogP contribution in [-0.4, -0.2) is 47.7 Å². The number of esters is 1. The van der Waals surface area contributed by atoms with Crippen LogP contribution in [0.15, 0.2) is 12.2 Å². The highest BCUT2D eigenvalue weighted by atomic mass is 16.5. The van der Waals surface area contributed by atoms with Crippen LogP contribution in [0, 0.1) is 56.7 Å². The van der Waals surface area contributed by atoms with Gasteiger partial charge in [-0.2, -0.15) is 0 Å². The average molecular weight is 568 g/mol. The summed E-state index contributed by atoms with van der Waals surface area (Å²) in [4.78, 5) is 29.4. The van der Waals surface area contributed by atoms with E-state index >= 15 is 0 Å². The van der Waals surface area contributed by atoms with Gasteiger partial charge in [-0.05, 0) is 135 Å². The normalized spacial score (nSPS) is 50.2. The number of likely N-dealkylation sites (tertiary alicyclic amines) is 1. The van der Waals surface area contributed by atoms with E-state index in [9.17, 15) is 14.7 Å².